The Kier molecular flexibility index (Phi) is 2.30. The lowest BCUT2D eigenvalue weighted by Gasteiger charge is -2.17. The SMILES string of the molecule is O=C(C1CCCC1)N1CCCO1. The third kappa shape index (κ3) is 1.46. The Hall–Kier alpha value is -0.570. The Bertz CT molecular complexity index is 151. The Labute approximate surface area is 72.6 Å². The molecule has 0 unspecified atom stereocenters. The lowest BCUT2D eigenvalue weighted by Crippen LogP contribution is -2.31. The maximum absolute atomic E-state index is 11.6. The molecule has 0 atom stereocenters. The van der Waals surface area contributed by atoms with Gasteiger partial charge in [0.1, 0.15) is 0 Å². The molecule has 1 aliphatic carbocycles. The zero-order valence-corrected chi connectivity index (χ0v) is 7.29. The van der Waals surface area contributed by atoms with Gasteiger partial charge in [0, 0.05) is 5.92 Å². The Morgan fingerprint density at radius 2 is 2.00 bits per heavy atom. The lowest BCUT2D eigenvalue weighted by molar-refractivity contribution is -0.173. The van der Waals surface area contributed by atoms with E-state index in [4.69, 9.17) is 4.84 Å². The van der Waals surface area contributed by atoms with E-state index in [2.05, 4.69) is 0 Å². The Morgan fingerprint density at radius 3 is 2.58 bits per heavy atom. The number of hydrogen-bond donors (Lipinski definition) is 0. The molecule has 0 radical (unpaired) electrons. The van der Waals surface area contributed by atoms with Crippen molar-refractivity contribution in [2.45, 2.75) is 32.1 Å². The van der Waals surface area contributed by atoms with Crippen LogP contribution in [0.2, 0.25) is 0 Å². The highest BCUT2D eigenvalue weighted by atomic mass is 16.7. The van der Waals surface area contributed by atoms with E-state index in [0.717, 1.165) is 32.4 Å². The number of amides is 1. The summed E-state index contributed by atoms with van der Waals surface area (Å²) in [6.07, 6.45) is 5.56. The molecule has 68 valence electrons. The molecule has 0 spiro atoms. The van der Waals surface area contributed by atoms with Crippen molar-refractivity contribution in [3.63, 3.8) is 0 Å². The van der Waals surface area contributed by atoms with Crippen LogP contribution in [0.25, 0.3) is 0 Å². The van der Waals surface area contributed by atoms with Crippen molar-refractivity contribution in [2.75, 3.05) is 13.2 Å². The second kappa shape index (κ2) is 3.44. The van der Waals surface area contributed by atoms with E-state index in [1.807, 2.05) is 0 Å². The van der Waals surface area contributed by atoms with Gasteiger partial charge >= 0.3 is 0 Å². The number of rotatable bonds is 1. The smallest absolute Gasteiger partial charge is 0.249 e. The summed E-state index contributed by atoms with van der Waals surface area (Å²) in [5.41, 5.74) is 0. The summed E-state index contributed by atoms with van der Waals surface area (Å²) < 4.78 is 0. The highest BCUT2D eigenvalue weighted by Gasteiger charge is 2.29. The van der Waals surface area contributed by atoms with Crippen molar-refractivity contribution in [1.82, 2.24) is 5.06 Å². The van der Waals surface area contributed by atoms with E-state index in [1.165, 1.54) is 12.8 Å². The van der Waals surface area contributed by atoms with Crippen LogP contribution in [0.3, 0.4) is 0 Å². The van der Waals surface area contributed by atoms with Gasteiger partial charge in [0.25, 0.3) is 0 Å². The van der Waals surface area contributed by atoms with Crippen LogP contribution >= 0.6 is 0 Å². The quantitative estimate of drug-likeness (QED) is 0.593. The highest BCUT2D eigenvalue weighted by Crippen LogP contribution is 2.27. The molecule has 0 aromatic rings. The van der Waals surface area contributed by atoms with Crippen LogP contribution in [0.15, 0.2) is 0 Å². The van der Waals surface area contributed by atoms with E-state index < -0.39 is 0 Å². The molecular weight excluding hydrogens is 154 g/mol. The predicted octanol–water partition coefficient (Wildman–Crippen LogP) is 1.34. The van der Waals surface area contributed by atoms with E-state index in [0.29, 0.717) is 0 Å². The van der Waals surface area contributed by atoms with Gasteiger partial charge in [-0.25, -0.2) is 5.06 Å². The molecule has 1 amide bonds. The van der Waals surface area contributed by atoms with Gasteiger partial charge in [-0.3, -0.25) is 9.63 Å². The molecule has 1 heterocycles. The molecule has 2 fully saturated rings. The fraction of sp³-hybridized carbons (Fsp3) is 0.889. The van der Waals surface area contributed by atoms with Gasteiger partial charge in [0.2, 0.25) is 5.91 Å². The molecule has 0 aromatic heterocycles. The maximum atomic E-state index is 11.6. The fourth-order valence-electron chi connectivity index (χ4n) is 2.00. The summed E-state index contributed by atoms with van der Waals surface area (Å²) in [4.78, 5) is 16.9. The van der Waals surface area contributed by atoms with Crippen molar-refractivity contribution in [3.05, 3.63) is 0 Å². The Morgan fingerprint density at radius 1 is 1.25 bits per heavy atom. The van der Waals surface area contributed by atoms with E-state index in [-0.39, 0.29) is 11.8 Å². The minimum absolute atomic E-state index is 0.227. The number of hydroxylamine groups is 2. The van der Waals surface area contributed by atoms with Gasteiger partial charge in [0.15, 0.2) is 0 Å². The molecule has 0 N–H and O–H groups in total. The molecule has 3 nitrogen and oxygen atoms in total. The standard InChI is InChI=1S/C9H15NO2/c11-9(8-4-1-2-5-8)10-6-3-7-12-10/h8H,1-7H2. The van der Waals surface area contributed by atoms with Crippen molar-refractivity contribution in [3.8, 4) is 0 Å². The van der Waals surface area contributed by atoms with Crippen LogP contribution in [-0.4, -0.2) is 24.1 Å². The molecule has 0 aromatic carbocycles. The van der Waals surface area contributed by atoms with Crippen LogP contribution in [0.1, 0.15) is 32.1 Å². The van der Waals surface area contributed by atoms with Crippen LogP contribution in [0.4, 0.5) is 0 Å². The van der Waals surface area contributed by atoms with Gasteiger partial charge in [0.05, 0.1) is 13.2 Å². The molecule has 1 aliphatic heterocycles. The van der Waals surface area contributed by atoms with Gasteiger partial charge in [-0.2, -0.15) is 0 Å². The molecule has 3 heteroatoms. The minimum atomic E-state index is 0.227. The number of hydrogen-bond acceptors (Lipinski definition) is 2. The van der Waals surface area contributed by atoms with Crippen molar-refractivity contribution < 1.29 is 9.63 Å². The van der Waals surface area contributed by atoms with Gasteiger partial charge < -0.3 is 0 Å². The summed E-state index contributed by atoms with van der Waals surface area (Å²) in [7, 11) is 0. The van der Waals surface area contributed by atoms with E-state index >= 15 is 0 Å². The lowest BCUT2D eigenvalue weighted by atomic mass is 10.1. The van der Waals surface area contributed by atoms with Crippen LogP contribution < -0.4 is 0 Å². The first-order valence-electron chi connectivity index (χ1n) is 4.82. The molecule has 12 heavy (non-hydrogen) atoms. The number of carbonyl (C=O) groups excluding carboxylic acids is 1. The third-order valence-corrected chi connectivity index (χ3v) is 2.70. The third-order valence-electron chi connectivity index (χ3n) is 2.70. The first-order valence-corrected chi connectivity index (χ1v) is 4.82. The largest absolute Gasteiger partial charge is 0.272 e. The molecular formula is C9H15NO2. The summed E-state index contributed by atoms with van der Waals surface area (Å²) in [6.45, 7) is 1.52. The zero-order valence-electron chi connectivity index (χ0n) is 7.29. The monoisotopic (exact) mass is 169 g/mol. The first kappa shape index (κ1) is 8.05. The number of carbonyl (C=O) groups is 1. The summed E-state index contributed by atoms with van der Waals surface area (Å²) in [6, 6.07) is 0. The molecule has 2 rings (SSSR count). The topological polar surface area (TPSA) is 29.5 Å². The number of nitrogens with zero attached hydrogens (tertiary/aromatic N) is 1. The molecule has 2 aliphatic rings. The second-order valence-corrected chi connectivity index (χ2v) is 3.61. The zero-order chi connectivity index (χ0) is 8.39. The first-order chi connectivity index (χ1) is 5.88. The van der Waals surface area contributed by atoms with Crippen molar-refractivity contribution in [1.29, 1.82) is 0 Å². The normalized spacial score (nSPS) is 25.2. The van der Waals surface area contributed by atoms with E-state index in [9.17, 15) is 4.79 Å². The average Bonchev–Trinajstić information content (AvgIpc) is 2.77. The molecule has 1 saturated carbocycles. The predicted molar refractivity (Wildman–Crippen MR) is 44.2 cm³/mol. The second-order valence-electron chi connectivity index (χ2n) is 3.61. The van der Waals surface area contributed by atoms with Crippen molar-refractivity contribution in [2.24, 2.45) is 5.92 Å². The van der Waals surface area contributed by atoms with Crippen LogP contribution in [0, 0.1) is 5.92 Å². The Balaban J connectivity index is 1.89. The average molecular weight is 169 g/mol. The maximum Gasteiger partial charge on any atom is 0.249 e. The summed E-state index contributed by atoms with van der Waals surface area (Å²) in [5, 5.41) is 1.57. The summed E-state index contributed by atoms with van der Waals surface area (Å²) >= 11 is 0. The van der Waals surface area contributed by atoms with Gasteiger partial charge in [-0.05, 0) is 19.3 Å². The minimum Gasteiger partial charge on any atom is -0.272 e. The van der Waals surface area contributed by atoms with Crippen molar-refractivity contribution >= 4 is 5.91 Å². The highest BCUT2D eigenvalue weighted by molar-refractivity contribution is 5.78. The fourth-order valence-corrected chi connectivity index (χ4v) is 2.00. The van der Waals surface area contributed by atoms with Crippen LogP contribution in [0.5, 0.6) is 0 Å². The summed E-state index contributed by atoms with van der Waals surface area (Å²) in [5.74, 6) is 0.494. The van der Waals surface area contributed by atoms with E-state index in [1.54, 1.807) is 5.06 Å². The molecule has 1 saturated heterocycles. The van der Waals surface area contributed by atoms with Gasteiger partial charge in [-0.15, -0.1) is 0 Å². The van der Waals surface area contributed by atoms with Gasteiger partial charge in [-0.1, -0.05) is 12.8 Å². The van der Waals surface area contributed by atoms with Crippen LogP contribution in [-0.2, 0) is 9.63 Å². The molecule has 0 bridgehead atoms.